The number of anilines is 2. The molecule has 4 nitrogen and oxygen atoms in total. The number of carbonyl (C=O) groups excluding carboxylic acids is 2. The van der Waals surface area contributed by atoms with Crippen molar-refractivity contribution in [1.82, 2.24) is 0 Å². The van der Waals surface area contributed by atoms with E-state index in [1.54, 1.807) is 16.7 Å². The molecule has 0 atom stereocenters. The lowest BCUT2D eigenvalue weighted by molar-refractivity contribution is -0.113. The maximum absolute atomic E-state index is 12.7. The highest BCUT2D eigenvalue weighted by molar-refractivity contribution is 7.99. The smallest absolute Gasteiger partial charge is 0.268 e. The number of amides is 2. The second-order valence-corrected chi connectivity index (χ2v) is 8.49. The van der Waals surface area contributed by atoms with Gasteiger partial charge in [0.2, 0.25) is 5.91 Å². The molecule has 0 spiro atoms. The topological polar surface area (TPSA) is 49.4 Å². The molecule has 2 heterocycles. The van der Waals surface area contributed by atoms with Crippen LogP contribution in [0.5, 0.6) is 0 Å². The summed E-state index contributed by atoms with van der Waals surface area (Å²) < 4.78 is 0. The summed E-state index contributed by atoms with van der Waals surface area (Å²) in [6.07, 6.45) is 0.841. The molecule has 0 aliphatic carbocycles. The van der Waals surface area contributed by atoms with E-state index in [-0.39, 0.29) is 11.8 Å². The number of nitrogens with zero attached hydrogens (tertiary/aromatic N) is 1. The molecule has 2 amide bonds. The molecular formula is C22H20N2O2S2. The summed E-state index contributed by atoms with van der Waals surface area (Å²) in [4.78, 5) is 27.6. The fourth-order valence-electron chi connectivity index (χ4n) is 3.23. The Bertz CT molecular complexity index is 971. The van der Waals surface area contributed by atoms with Crippen LogP contribution in [0.4, 0.5) is 11.4 Å². The second kappa shape index (κ2) is 8.63. The zero-order valence-electron chi connectivity index (χ0n) is 15.3. The summed E-state index contributed by atoms with van der Waals surface area (Å²) in [5.41, 5.74) is 3.98. The van der Waals surface area contributed by atoms with Gasteiger partial charge in [0.1, 0.15) is 0 Å². The van der Waals surface area contributed by atoms with Crippen LogP contribution in [0.15, 0.2) is 66.0 Å². The van der Waals surface area contributed by atoms with E-state index in [1.165, 1.54) is 16.9 Å². The molecule has 1 N–H and O–H groups in total. The third-order valence-corrected chi connectivity index (χ3v) is 6.45. The first-order valence-corrected chi connectivity index (χ1v) is 11.1. The molecule has 1 aromatic heterocycles. The van der Waals surface area contributed by atoms with Crippen molar-refractivity contribution in [2.24, 2.45) is 0 Å². The van der Waals surface area contributed by atoms with Gasteiger partial charge in [-0.3, -0.25) is 9.59 Å². The van der Waals surface area contributed by atoms with Crippen LogP contribution in [0.1, 0.15) is 20.8 Å². The summed E-state index contributed by atoms with van der Waals surface area (Å²) in [7, 11) is 0. The van der Waals surface area contributed by atoms with Crippen LogP contribution in [-0.2, 0) is 17.0 Å². The van der Waals surface area contributed by atoms with Crippen molar-refractivity contribution in [2.45, 2.75) is 12.2 Å². The Balaban J connectivity index is 1.38. The number of rotatable bonds is 6. The van der Waals surface area contributed by atoms with Crippen molar-refractivity contribution in [3.05, 3.63) is 82.0 Å². The summed E-state index contributed by atoms with van der Waals surface area (Å²) >= 11 is 3.04. The van der Waals surface area contributed by atoms with Crippen LogP contribution >= 0.6 is 23.1 Å². The van der Waals surface area contributed by atoms with E-state index in [9.17, 15) is 9.59 Å². The SMILES string of the molecule is O=C(CSCc1ccccc1)Nc1ccc2c(c1)N(C(=O)c1cccs1)CC2. The average Bonchev–Trinajstić information content (AvgIpc) is 3.38. The highest BCUT2D eigenvalue weighted by Crippen LogP contribution is 2.32. The molecule has 28 heavy (non-hydrogen) atoms. The summed E-state index contributed by atoms with van der Waals surface area (Å²) in [5.74, 6) is 1.19. The molecule has 1 aliphatic heterocycles. The lowest BCUT2D eigenvalue weighted by atomic mass is 10.1. The molecular weight excluding hydrogens is 388 g/mol. The van der Waals surface area contributed by atoms with Crippen LogP contribution in [-0.4, -0.2) is 24.1 Å². The van der Waals surface area contributed by atoms with Crippen molar-refractivity contribution >= 4 is 46.3 Å². The predicted molar refractivity (Wildman–Crippen MR) is 117 cm³/mol. The Kier molecular flexibility index (Phi) is 5.78. The number of thioether (sulfide) groups is 1. The van der Waals surface area contributed by atoms with Gasteiger partial charge < -0.3 is 10.2 Å². The van der Waals surface area contributed by atoms with Gasteiger partial charge in [0.15, 0.2) is 0 Å². The van der Waals surface area contributed by atoms with Crippen LogP contribution in [0.25, 0.3) is 0 Å². The van der Waals surface area contributed by atoms with Crippen molar-refractivity contribution in [1.29, 1.82) is 0 Å². The summed E-state index contributed by atoms with van der Waals surface area (Å²) in [6.45, 7) is 0.677. The fraction of sp³-hybridized carbons (Fsp3) is 0.182. The van der Waals surface area contributed by atoms with Crippen LogP contribution in [0, 0.1) is 0 Å². The second-order valence-electron chi connectivity index (χ2n) is 6.55. The van der Waals surface area contributed by atoms with E-state index in [0.717, 1.165) is 34.0 Å². The zero-order valence-corrected chi connectivity index (χ0v) is 16.9. The third-order valence-electron chi connectivity index (χ3n) is 4.59. The Morgan fingerprint density at radius 3 is 2.71 bits per heavy atom. The van der Waals surface area contributed by atoms with E-state index >= 15 is 0 Å². The van der Waals surface area contributed by atoms with Crippen LogP contribution in [0.2, 0.25) is 0 Å². The van der Waals surface area contributed by atoms with Crippen LogP contribution < -0.4 is 10.2 Å². The molecule has 2 aromatic carbocycles. The Morgan fingerprint density at radius 1 is 1.07 bits per heavy atom. The van der Waals surface area contributed by atoms with E-state index in [2.05, 4.69) is 17.4 Å². The number of carbonyl (C=O) groups is 2. The lowest BCUT2D eigenvalue weighted by Crippen LogP contribution is -2.28. The molecule has 1 aliphatic rings. The molecule has 0 radical (unpaired) electrons. The number of nitrogens with one attached hydrogen (secondary N) is 1. The Morgan fingerprint density at radius 2 is 1.93 bits per heavy atom. The van der Waals surface area contributed by atoms with Gasteiger partial charge in [-0.2, -0.15) is 0 Å². The normalized spacial score (nSPS) is 12.6. The maximum Gasteiger partial charge on any atom is 0.268 e. The highest BCUT2D eigenvalue weighted by atomic mass is 32.2. The predicted octanol–water partition coefficient (Wildman–Crippen LogP) is 4.82. The van der Waals surface area contributed by atoms with E-state index in [1.807, 2.05) is 53.9 Å². The van der Waals surface area contributed by atoms with Gasteiger partial charge in [0.25, 0.3) is 5.91 Å². The summed E-state index contributed by atoms with van der Waals surface area (Å²) in [6, 6.07) is 19.7. The van der Waals surface area contributed by atoms with Gasteiger partial charge in [0.05, 0.1) is 10.6 Å². The first-order valence-electron chi connectivity index (χ1n) is 9.10. The monoisotopic (exact) mass is 408 g/mol. The van der Waals surface area contributed by atoms with Crippen molar-refractivity contribution in [2.75, 3.05) is 22.5 Å². The maximum atomic E-state index is 12.7. The highest BCUT2D eigenvalue weighted by Gasteiger charge is 2.26. The molecule has 0 saturated heterocycles. The van der Waals surface area contributed by atoms with Crippen molar-refractivity contribution < 1.29 is 9.59 Å². The average molecular weight is 409 g/mol. The molecule has 142 valence electrons. The quantitative estimate of drug-likeness (QED) is 0.636. The largest absolute Gasteiger partial charge is 0.325 e. The van der Waals surface area contributed by atoms with Crippen LogP contribution in [0.3, 0.4) is 0 Å². The molecule has 0 bridgehead atoms. The fourth-order valence-corrected chi connectivity index (χ4v) is 4.69. The van der Waals surface area contributed by atoms with Gasteiger partial charge in [0, 0.05) is 23.7 Å². The first kappa shape index (κ1) is 18.8. The van der Waals surface area contributed by atoms with Gasteiger partial charge >= 0.3 is 0 Å². The van der Waals surface area contributed by atoms with Gasteiger partial charge in [-0.1, -0.05) is 42.5 Å². The summed E-state index contributed by atoms with van der Waals surface area (Å²) in [5, 5.41) is 4.87. The molecule has 0 unspecified atom stereocenters. The standard InChI is InChI=1S/C22H20N2O2S2/c25-21(15-27-14-16-5-2-1-3-6-16)23-18-9-8-17-10-11-24(19(17)13-18)22(26)20-7-4-12-28-20/h1-9,12-13H,10-11,14-15H2,(H,23,25). The van der Waals surface area contributed by atoms with Gasteiger partial charge in [-0.05, 0) is 41.1 Å². The molecule has 3 aromatic rings. The van der Waals surface area contributed by atoms with E-state index < -0.39 is 0 Å². The third kappa shape index (κ3) is 4.29. The molecule has 4 rings (SSSR count). The lowest BCUT2D eigenvalue weighted by Gasteiger charge is -2.17. The van der Waals surface area contributed by atoms with Crippen molar-refractivity contribution in [3.63, 3.8) is 0 Å². The number of thiophene rings is 1. The molecule has 0 saturated carbocycles. The Labute approximate surface area is 172 Å². The number of fused-ring (bicyclic) bond motifs is 1. The number of hydrogen-bond acceptors (Lipinski definition) is 4. The molecule has 0 fully saturated rings. The van der Waals surface area contributed by atoms with E-state index in [0.29, 0.717) is 12.3 Å². The zero-order chi connectivity index (χ0) is 19.3. The minimum Gasteiger partial charge on any atom is -0.325 e. The number of benzene rings is 2. The van der Waals surface area contributed by atoms with Gasteiger partial charge in [-0.25, -0.2) is 0 Å². The first-order chi connectivity index (χ1) is 13.7. The van der Waals surface area contributed by atoms with Crippen molar-refractivity contribution in [3.8, 4) is 0 Å². The molecule has 6 heteroatoms. The van der Waals surface area contributed by atoms with Gasteiger partial charge in [-0.15, -0.1) is 23.1 Å². The van der Waals surface area contributed by atoms with E-state index in [4.69, 9.17) is 0 Å². The number of hydrogen-bond donors (Lipinski definition) is 1. The minimum absolute atomic E-state index is 0.0237. The Hall–Kier alpha value is -2.57. The minimum atomic E-state index is -0.0324.